The second-order valence-corrected chi connectivity index (χ2v) is 2.66. The van der Waals surface area contributed by atoms with Gasteiger partial charge in [0.05, 0.1) is 12.7 Å². The summed E-state index contributed by atoms with van der Waals surface area (Å²) >= 11 is 0. The predicted octanol–water partition coefficient (Wildman–Crippen LogP) is -0.162. The number of morpholine rings is 1. The highest BCUT2D eigenvalue weighted by Gasteiger charge is 2.24. The largest absolute Gasteiger partial charge is 0.480 e. The lowest BCUT2D eigenvalue weighted by Crippen LogP contribution is -2.50. The van der Waals surface area contributed by atoms with Crippen molar-refractivity contribution in [2.75, 3.05) is 13.2 Å². The molecule has 1 fully saturated rings. The number of carboxylic acid groups (broad SMARTS) is 1. The predicted molar refractivity (Wildman–Crippen MR) is 39.5 cm³/mol. The van der Waals surface area contributed by atoms with Crippen molar-refractivity contribution >= 4 is 5.97 Å². The summed E-state index contributed by atoms with van der Waals surface area (Å²) in [6.45, 7) is 2.95. The maximum absolute atomic E-state index is 10.4. The van der Waals surface area contributed by atoms with Gasteiger partial charge in [-0.1, -0.05) is 6.92 Å². The highest BCUT2D eigenvalue weighted by molar-refractivity contribution is 5.73. The summed E-state index contributed by atoms with van der Waals surface area (Å²) in [5.41, 5.74) is 0. The minimum atomic E-state index is -0.834. The third-order valence-electron chi connectivity index (χ3n) is 1.84. The first-order chi connectivity index (χ1) is 5.24. The Morgan fingerprint density at radius 1 is 1.82 bits per heavy atom. The fourth-order valence-electron chi connectivity index (χ4n) is 1.04. The van der Waals surface area contributed by atoms with E-state index in [4.69, 9.17) is 9.84 Å². The zero-order chi connectivity index (χ0) is 8.27. The third kappa shape index (κ3) is 2.17. The van der Waals surface area contributed by atoms with E-state index in [0.29, 0.717) is 6.54 Å². The van der Waals surface area contributed by atoms with Gasteiger partial charge in [0.15, 0.2) is 0 Å². The standard InChI is InChI=1S/C7H13NO3/c1-2-5-3-8-6(4-11-5)7(9)10/h5-6,8H,2-4H2,1H3,(H,9,10). The van der Waals surface area contributed by atoms with Crippen molar-refractivity contribution in [3.8, 4) is 0 Å². The zero-order valence-electron chi connectivity index (χ0n) is 6.54. The Labute approximate surface area is 65.5 Å². The van der Waals surface area contributed by atoms with Crippen LogP contribution in [-0.4, -0.2) is 36.4 Å². The molecule has 0 saturated carbocycles. The van der Waals surface area contributed by atoms with Crippen LogP contribution in [0.2, 0.25) is 0 Å². The van der Waals surface area contributed by atoms with Crippen LogP contribution in [0.15, 0.2) is 0 Å². The van der Waals surface area contributed by atoms with Gasteiger partial charge in [0, 0.05) is 6.54 Å². The molecule has 0 aromatic heterocycles. The fraction of sp³-hybridized carbons (Fsp3) is 0.857. The summed E-state index contributed by atoms with van der Waals surface area (Å²) < 4.78 is 5.26. The smallest absolute Gasteiger partial charge is 0.323 e. The Hall–Kier alpha value is -0.610. The molecule has 2 atom stereocenters. The van der Waals surface area contributed by atoms with Crippen LogP contribution in [0.4, 0.5) is 0 Å². The van der Waals surface area contributed by atoms with Gasteiger partial charge in [-0.2, -0.15) is 0 Å². The molecule has 2 N–H and O–H groups in total. The molecular formula is C7H13NO3. The molecule has 0 spiro atoms. The van der Waals surface area contributed by atoms with Gasteiger partial charge in [-0.05, 0) is 6.42 Å². The first-order valence-corrected chi connectivity index (χ1v) is 3.81. The molecule has 1 aliphatic rings. The summed E-state index contributed by atoms with van der Waals surface area (Å²) in [4.78, 5) is 10.4. The molecule has 1 saturated heterocycles. The van der Waals surface area contributed by atoms with E-state index in [1.807, 2.05) is 6.92 Å². The lowest BCUT2D eigenvalue weighted by atomic mass is 10.2. The van der Waals surface area contributed by atoms with Crippen LogP contribution >= 0.6 is 0 Å². The Morgan fingerprint density at radius 3 is 2.91 bits per heavy atom. The number of hydrogen-bond donors (Lipinski definition) is 2. The topological polar surface area (TPSA) is 58.6 Å². The summed E-state index contributed by atoms with van der Waals surface area (Å²) in [5.74, 6) is -0.834. The third-order valence-corrected chi connectivity index (χ3v) is 1.84. The second kappa shape index (κ2) is 3.69. The minimum absolute atomic E-state index is 0.186. The molecule has 0 aromatic rings. The molecule has 0 amide bonds. The first kappa shape index (κ1) is 8.49. The van der Waals surface area contributed by atoms with Crippen LogP contribution < -0.4 is 5.32 Å². The highest BCUT2D eigenvalue weighted by atomic mass is 16.5. The van der Waals surface area contributed by atoms with Crippen molar-refractivity contribution in [2.24, 2.45) is 0 Å². The summed E-state index contributed by atoms with van der Waals surface area (Å²) in [6.07, 6.45) is 1.12. The quantitative estimate of drug-likeness (QED) is 0.587. The monoisotopic (exact) mass is 159 g/mol. The molecule has 64 valence electrons. The average Bonchev–Trinajstić information content (AvgIpc) is 2.05. The van der Waals surface area contributed by atoms with Gasteiger partial charge < -0.3 is 9.84 Å². The minimum Gasteiger partial charge on any atom is -0.480 e. The molecule has 0 aliphatic carbocycles. The Balaban J connectivity index is 2.30. The van der Waals surface area contributed by atoms with Crippen LogP contribution in [0.25, 0.3) is 0 Å². The molecule has 1 heterocycles. The van der Waals surface area contributed by atoms with Crippen molar-refractivity contribution in [3.05, 3.63) is 0 Å². The van der Waals surface area contributed by atoms with Crippen molar-refractivity contribution in [1.82, 2.24) is 5.32 Å². The van der Waals surface area contributed by atoms with E-state index in [9.17, 15) is 4.79 Å². The number of hydrogen-bond acceptors (Lipinski definition) is 3. The summed E-state index contributed by atoms with van der Waals surface area (Å²) in [7, 11) is 0. The molecule has 11 heavy (non-hydrogen) atoms. The van der Waals surface area contributed by atoms with Gasteiger partial charge in [0.1, 0.15) is 6.04 Å². The molecule has 0 aromatic carbocycles. The van der Waals surface area contributed by atoms with Crippen LogP contribution in [0, 0.1) is 0 Å². The number of nitrogens with one attached hydrogen (secondary N) is 1. The number of aliphatic carboxylic acids is 1. The maximum atomic E-state index is 10.4. The van der Waals surface area contributed by atoms with E-state index < -0.39 is 12.0 Å². The molecule has 0 radical (unpaired) electrons. The van der Waals surface area contributed by atoms with Crippen molar-refractivity contribution < 1.29 is 14.6 Å². The van der Waals surface area contributed by atoms with Crippen LogP contribution in [0.3, 0.4) is 0 Å². The molecule has 4 heteroatoms. The van der Waals surface area contributed by atoms with Crippen molar-refractivity contribution in [3.63, 3.8) is 0 Å². The van der Waals surface area contributed by atoms with Crippen LogP contribution in [-0.2, 0) is 9.53 Å². The van der Waals surface area contributed by atoms with Gasteiger partial charge in [0.25, 0.3) is 0 Å². The Morgan fingerprint density at radius 2 is 2.55 bits per heavy atom. The van der Waals surface area contributed by atoms with E-state index >= 15 is 0 Å². The number of carbonyl (C=O) groups is 1. The number of rotatable bonds is 2. The molecule has 4 nitrogen and oxygen atoms in total. The van der Waals surface area contributed by atoms with Crippen molar-refractivity contribution in [2.45, 2.75) is 25.5 Å². The highest BCUT2D eigenvalue weighted by Crippen LogP contribution is 2.03. The van der Waals surface area contributed by atoms with Crippen LogP contribution in [0.5, 0.6) is 0 Å². The van der Waals surface area contributed by atoms with E-state index in [-0.39, 0.29) is 12.7 Å². The van der Waals surface area contributed by atoms with E-state index in [1.54, 1.807) is 0 Å². The summed E-state index contributed by atoms with van der Waals surface area (Å²) in [6, 6.07) is -0.516. The first-order valence-electron chi connectivity index (χ1n) is 3.81. The Kier molecular flexibility index (Phi) is 2.84. The van der Waals surface area contributed by atoms with Gasteiger partial charge in [-0.3, -0.25) is 10.1 Å². The van der Waals surface area contributed by atoms with Gasteiger partial charge >= 0.3 is 5.97 Å². The fourth-order valence-corrected chi connectivity index (χ4v) is 1.04. The second-order valence-electron chi connectivity index (χ2n) is 2.66. The molecule has 1 rings (SSSR count). The van der Waals surface area contributed by atoms with Crippen molar-refractivity contribution in [1.29, 1.82) is 0 Å². The molecular weight excluding hydrogens is 146 g/mol. The van der Waals surface area contributed by atoms with E-state index in [2.05, 4.69) is 5.32 Å². The van der Waals surface area contributed by atoms with Gasteiger partial charge in [-0.15, -0.1) is 0 Å². The molecule has 2 unspecified atom stereocenters. The lowest BCUT2D eigenvalue weighted by molar-refractivity contribution is -0.144. The van der Waals surface area contributed by atoms with Gasteiger partial charge in [0.2, 0.25) is 0 Å². The maximum Gasteiger partial charge on any atom is 0.323 e. The SMILES string of the molecule is CCC1CNC(C(=O)O)CO1. The summed E-state index contributed by atoms with van der Waals surface area (Å²) in [5, 5.41) is 11.4. The average molecular weight is 159 g/mol. The molecule has 0 bridgehead atoms. The normalized spacial score (nSPS) is 31.7. The molecule has 1 aliphatic heterocycles. The lowest BCUT2D eigenvalue weighted by Gasteiger charge is -2.27. The van der Waals surface area contributed by atoms with Crippen LogP contribution in [0.1, 0.15) is 13.3 Å². The zero-order valence-corrected chi connectivity index (χ0v) is 6.54. The Bertz CT molecular complexity index is 141. The van der Waals surface area contributed by atoms with E-state index in [0.717, 1.165) is 6.42 Å². The van der Waals surface area contributed by atoms with Gasteiger partial charge in [-0.25, -0.2) is 0 Å². The number of carboxylic acids is 1. The van der Waals surface area contributed by atoms with E-state index in [1.165, 1.54) is 0 Å². The number of ether oxygens (including phenoxy) is 1.